The Morgan fingerprint density at radius 1 is 1.06 bits per heavy atom. The first-order chi connectivity index (χ1) is 15.9. The number of hydrogen-bond donors (Lipinski definition) is 2. The monoisotopic (exact) mass is 444 g/mol. The predicted octanol–water partition coefficient (Wildman–Crippen LogP) is 4.82. The van der Waals surface area contributed by atoms with E-state index in [9.17, 15) is 4.79 Å². The first kappa shape index (κ1) is 22.1. The number of nitrogens with one attached hydrogen (secondary N) is 1. The molecule has 1 amide bonds. The summed E-state index contributed by atoms with van der Waals surface area (Å²) in [6.07, 6.45) is 0. The van der Waals surface area contributed by atoms with Crippen molar-refractivity contribution >= 4 is 23.2 Å². The number of aryl methyl sites for hydroxylation is 1. The van der Waals surface area contributed by atoms with E-state index in [4.69, 9.17) is 10.3 Å². The lowest BCUT2D eigenvalue weighted by Crippen LogP contribution is -2.21. The van der Waals surface area contributed by atoms with E-state index in [0.717, 1.165) is 41.4 Å². The van der Waals surface area contributed by atoms with Gasteiger partial charge in [0, 0.05) is 30.0 Å². The second-order valence-corrected chi connectivity index (χ2v) is 7.74. The number of aromatic nitrogens is 3. The minimum atomic E-state index is -0.384. The van der Waals surface area contributed by atoms with Crippen LogP contribution in [-0.2, 0) is 0 Å². The van der Waals surface area contributed by atoms with E-state index < -0.39 is 0 Å². The highest BCUT2D eigenvalue weighted by atomic mass is 16.5. The molecule has 0 bridgehead atoms. The molecule has 0 saturated carbocycles. The van der Waals surface area contributed by atoms with Gasteiger partial charge in [0.05, 0.1) is 17.1 Å². The van der Waals surface area contributed by atoms with Gasteiger partial charge >= 0.3 is 0 Å². The van der Waals surface area contributed by atoms with E-state index in [1.165, 1.54) is 0 Å². The average Bonchev–Trinajstić information content (AvgIpc) is 3.34. The predicted molar refractivity (Wildman–Crippen MR) is 131 cm³/mol. The summed E-state index contributed by atoms with van der Waals surface area (Å²) in [5.74, 6) is -0.417. The third-order valence-electron chi connectivity index (χ3n) is 5.73. The van der Waals surface area contributed by atoms with Crippen molar-refractivity contribution in [2.24, 2.45) is 0 Å². The standard InChI is InChI=1S/C25H28N6O2/c1-5-30(6-2)19-14-12-18(13-15-19)27-25(32)22-23(29-33-24(22)26)21-16(3)28-31(17(21)4)20-10-8-7-9-11-20/h7-15H,5-6,26H2,1-4H3,(H,27,32). The van der Waals surface area contributed by atoms with Crippen molar-refractivity contribution in [1.82, 2.24) is 14.9 Å². The highest BCUT2D eigenvalue weighted by Gasteiger charge is 2.27. The summed E-state index contributed by atoms with van der Waals surface area (Å²) in [6.45, 7) is 9.86. The van der Waals surface area contributed by atoms with Gasteiger partial charge in [-0.15, -0.1) is 0 Å². The fourth-order valence-electron chi connectivity index (χ4n) is 4.04. The van der Waals surface area contributed by atoms with Crippen LogP contribution in [0.15, 0.2) is 59.1 Å². The average molecular weight is 445 g/mol. The summed E-state index contributed by atoms with van der Waals surface area (Å²) in [6, 6.07) is 17.5. The van der Waals surface area contributed by atoms with Gasteiger partial charge in [-0.2, -0.15) is 5.10 Å². The second-order valence-electron chi connectivity index (χ2n) is 7.74. The number of carbonyl (C=O) groups is 1. The minimum Gasteiger partial charge on any atom is -0.372 e. The van der Waals surface area contributed by atoms with Crippen molar-refractivity contribution in [3.63, 3.8) is 0 Å². The molecule has 0 aliphatic heterocycles. The maximum atomic E-state index is 13.2. The van der Waals surface area contributed by atoms with Gasteiger partial charge in [-0.3, -0.25) is 4.79 Å². The summed E-state index contributed by atoms with van der Waals surface area (Å²) in [7, 11) is 0. The number of para-hydroxylation sites is 1. The van der Waals surface area contributed by atoms with Crippen LogP contribution in [0, 0.1) is 13.8 Å². The molecule has 2 aromatic heterocycles. The first-order valence-electron chi connectivity index (χ1n) is 11.0. The fourth-order valence-corrected chi connectivity index (χ4v) is 4.04. The quantitative estimate of drug-likeness (QED) is 0.423. The van der Waals surface area contributed by atoms with E-state index in [0.29, 0.717) is 11.4 Å². The summed E-state index contributed by atoms with van der Waals surface area (Å²) < 4.78 is 7.06. The first-order valence-corrected chi connectivity index (χ1v) is 11.0. The largest absolute Gasteiger partial charge is 0.372 e. The number of nitrogens with two attached hydrogens (primary N) is 1. The van der Waals surface area contributed by atoms with Crippen molar-refractivity contribution in [3.8, 4) is 16.9 Å². The van der Waals surface area contributed by atoms with E-state index in [-0.39, 0.29) is 17.4 Å². The van der Waals surface area contributed by atoms with Gasteiger partial charge in [-0.1, -0.05) is 23.4 Å². The van der Waals surface area contributed by atoms with Gasteiger partial charge in [-0.25, -0.2) is 4.68 Å². The molecule has 0 spiro atoms. The molecule has 2 heterocycles. The number of benzene rings is 2. The van der Waals surface area contributed by atoms with Gasteiger partial charge in [0.15, 0.2) is 0 Å². The van der Waals surface area contributed by atoms with Gasteiger partial charge in [0.1, 0.15) is 11.3 Å². The van der Waals surface area contributed by atoms with Crippen molar-refractivity contribution in [2.75, 3.05) is 29.0 Å². The van der Waals surface area contributed by atoms with Crippen molar-refractivity contribution in [2.45, 2.75) is 27.7 Å². The molecule has 0 radical (unpaired) electrons. The van der Waals surface area contributed by atoms with E-state index >= 15 is 0 Å². The molecule has 3 N–H and O–H groups in total. The van der Waals surface area contributed by atoms with Crippen molar-refractivity contribution < 1.29 is 9.32 Å². The maximum Gasteiger partial charge on any atom is 0.263 e. The molecule has 2 aromatic carbocycles. The lowest BCUT2D eigenvalue weighted by atomic mass is 10.0. The van der Waals surface area contributed by atoms with Crippen LogP contribution in [0.1, 0.15) is 35.6 Å². The molecule has 8 nitrogen and oxygen atoms in total. The molecule has 8 heteroatoms. The van der Waals surface area contributed by atoms with Crippen molar-refractivity contribution in [1.29, 1.82) is 0 Å². The van der Waals surface area contributed by atoms with Crippen LogP contribution in [0.4, 0.5) is 17.3 Å². The number of amides is 1. The van der Waals surface area contributed by atoms with Crippen LogP contribution in [0.2, 0.25) is 0 Å². The Balaban J connectivity index is 1.65. The Hall–Kier alpha value is -4.07. The topological polar surface area (TPSA) is 102 Å². The lowest BCUT2D eigenvalue weighted by Gasteiger charge is -2.21. The van der Waals surface area contributed by atoms with Crippen LogP contribution < -0.4 is 16.0 Å². The Kier molecular flexibility index (Phi) is 6.17. The zero-order valence-corrected chi connectivity index (χ0v) is 19.3. The van der Waals surface area contributed by atoms with Gasteiger partial charge in [0.2, 0.25) is 5.88 Å². The Bertz CT molecular complexity index is 1250. The maximum absolute atomic E-state index is 13.2. The molecule has 0 atom stereocenters. The summed E-state index contributed by atoms with van der Waals surface area (Å²) >= 11 is 0. The summed E-state index contributed by atoms with van der Waals surface area (Å²) in [5, 5.41) is 11.7. The van der Waals surface area contributed by atoms with Gasteiger partial charge in [-0.05, 0) is 64.1 Å². The highest BCUT2D eigenvalue weighted by molar-refractivity contribution is 6.11. The molecular formula is C25H28N6O2. The van der Waals surface area contributed by atoms with Crippen LogP contribution in [0.25, 0.3) is 16.9 Å². The third kappa shape index (κ3) is 4.19. The lowest BCUT2D eigenvalue weighted by molar-refractivity contribution is 0.102. The number of carbonyl (C=O) groups excluding carboxylic acids is 1. The molecule has 0 unspecified atom stereocenters. The minimum absolute atomic E-state index is 0.0338. The molecule has 0 aliphatic carbocycles. The molecule has 0 fully saturated rings. The van der Waals surface area contributed by atoms with Crippen LogP contribution in [0.3, 0.4) is 0 Å². The normalized spacial score (nSPS) is 10.9. The van der Waals surface area contributed by atoms with Crippen molar-refractivity contribution in [3.05, 3.63) is 71.5 Å². The molecule has 0 aliphatic rings. The molecule has 170 valence electrons. The molecular weight excluding hydrogens is 416 g/mol. The zero-order valence-electron chi connectivity index (χ0n) is 19.3. The van der Waals surface area contributed by atoms with Crippen LogP contribution in [-0.4, -0.2) is 33.9 Å². The zero-order chi connectivity index (χ0) is 23.5. The summed E-state index contributed by atoms with van der Waals surface area (Å²) in [4.78, 5) is 15.4. The number of anilines is 3. The van der Waals surface area contributed by atoms with E-state index in [1.54, 1.807) is 0 Å². The SMILES string of the molecule is CCN(CC)c1ccc(NC(=O)c2c(-c3c(C)nn(-c4ccccc4)c3C)noc2N)cc1. The van der Waals surface area contributed by atoms with E-state index in [2.05, 4.69) is 34.3 Å². The Morgan fingerprint density at radius 2 is 1.73 bits per heavy atom. The Labute approximate surface area is 193 Å². The molecule has 4 aromatic rings. The number of hydrogen-bond acceptors (Lipinski definition) is 6. The van der Waals surface area contributed by atoms with Crippen LogP contribution >= 0.6 is 0 Å². The second kappa shape index (κ2) is 9.20. The fraction of sp³-hybridized carbons (Fsp3) is 0.240. The van der Waals surface area contributed by atoms with Gasteiger partial charge < -0.3 is 20.5 Å². The smallest absolute Gasteiger partial charge is 0.263 e. The molecule has 4 rings (SSSR count). The highest BCUT2D eigenvalue weighted by Crippen LogP contribution is 2.33. The van der Waals surface area contributed by atoms with E-state index in [1.807, 2.05) is 73.1 Å². The third-order valence-corrected chi connectivity index (χ3v) is 5.73. The summed E-state index contributed by atoms with van der Waals surface area (Å²) in [5.41, 5.74) is 11.6. The number of nitrogen functional groups attached to an aromatic ring is 1. The molecule has 33 heavy (non-hydrogen) atoms. The van der Waals surface area contributed by atoms with Crippen LogP contribution in [0.5, 0.6) is 0 Å². The van der Waals surface area contributed by atoms with Gasteiger partial charge in [0.25, 0.3) is 5.91 Å². The Morgan fingerprint density at radius 3 is 2.36 bits per heavy atom. The number of rotatable bonds is 7. The molecule has 0 saturated heterocycles. The number of nitrogens with zero attached hydrogens (tertiary/aromatic N) is 4.